The molecule has 20 heavy (non-hydrogen) atoms. The van der Waals surface area contributed by atoms with Gasteiger partial charge in [-0.25, -0.2) is 0 Å². The molecule has 0 saturated carbocycles. The summed E-state index contributed by atoms with van der Waals surface area (Å²) in [6.45, 7) is 5.64. The van der Waals surface area contributed by atoms with Gasteiger partial charge in [0.1, 0.15) is 6.10 Å². The quantitative estimate of drug-likeness (QED) is 0.843. The first-order chi connectivity index (χ1) is 9.77. The standard InChI is InChI=1S/C16H23N3O/c1-3-12-19-14(10-11-18-19)15(17)16(20-4-2)13-8-6-5-7-9-13/h5-11,15-16H,3-4,12,17H2,1-2H3. The lowest BCUT2D eigenvalue weighted by Gasteiger charge is -2.25. The van der Waals surface area contributed by atoms with Crippen LogP contribution in [0.3, 0.4) is 0 Å². The topological polar surface area (TPSA) is 53.1 Å². The Morgan fingerprint density at radius 3 is 2.60 bits per heavy atom. The van der Waals surface area contributed by atoms with Crippen molar-refractivity contribution in [2.24, 2.45) is 5.73 Å². The van der Waals surface area contributed by atoms with Gasteiger partial charge in [0, 0.05) is 19.3 Å². The molecule has 0 bridgehead atoms. The highest BCUT2D eigenvalue weighted by atomic mass is 16.5. The molecule has 2 aromatic rings. The molecule has 2 N–H and O–H groups in total. The third kappa shape index (κ3) is 3.26. The summed E-state index contributed by atoms with van der Waals surface area (Å²) in [5, 5.41) is 4.34. The van der Waals surface area contributed by atoms with E-state index in [1.54, 1.807) is 6.20 Å². The lowest BCUT2D eigenvalue weighted by Crippen LogP contribution is -2.25. The van der Waals surface area contributed by atoms with E-state index in [1.807, 2.05) is 35.9 Å². The normalized spacial score (nSPS) is 14.2. The lowest BCUT2D eigenvalue weighted by molar-refractivity contribution is 0.0408. The lowest BCUT2D eigenvalue weighted by atomic mass is 10.00. The van der Waals surface area contributed by atoms with E-state index >= 15 is 0 Å². The van der Waals surface area contributed by atoms with E-state index in [2.05, 4.69) is 24.2 Å². The molecule has 0 amide bonds. The molecular weight excluding hydrogens is 250 g/mol. The van der Waals surface area contributed by atoms with Crippen molar-refractivity contribution in [2.45, 2.75) is 39.0 Å². The number of nitrogens with zero attached hydrogens (tertiary/aromatic N) is 2. The maximum absolute atomic E-state index is 6.45. The molecule has 0 saturated heterocycles. The summed E-state index contributed by atoms with van der Waals surface area (Å²) in [4.78, 5) is 0. The number of benzene rings is 1. The Balaban J connectivity index is 2.27. The first-order valence-corrected chi connectivity index (χ1v) is 7.21. The van der Waals surface area contributed by atoms with E-state index in [4.69, 9.17) is 10.5 Å². The van der Waals surface area contributed by atoms with E-state index in [-0.39, 0.29) is 12.1 Å². The van der Waals surface area contributed by atoms with E-state index in [1.165, 1.54) is 0 Å². The Labute approximate surface area is 120 Å². The third-order valence-electron chi connectivity index (χ3n) is 3.33. The first-order valence-electron chi connectivity index (χ1n) is 7.21. The Kier molecular flexibility index (Phi) is 5.32. The van der Waals surface area contributed by atoms with Crippen molar-refractivity contribution in [3.63, 3.8) is 0 Å². The van der Waals surface area contributed by atoms with Gasteiger partial charge in [-0.3, -0.25) is 4.68 Å². The minimum Gasteiger partial charge on any atom is -0.372 e. The van der Waals surface area contributed by atoms with Crippen molar-refractivity contribution in [3.8, 4) is 0 Å². The number of aryl methyl sites for hydroxylation is 1. The van der Waals surface area contributed by atoms with Crippen LogP contribution >= 0.6 is 0 Å². The molecule has 0 radical (unpaired) electrons. The number of ether oxygens (including phenoxy) is 1. The number of aromatic nitrogens is 2. The number of nitrogens with two attached hydrogens (primary N) is 1. The maximum Gasteiger partial charge on any atom is 0.103 e. The molecular formula is C16H23N3O. The smallest absolute Gasteiger partial charge is 0.103 e. The summed E-state index contributed by atoms with van der Waals surface area (Å²) >= 11 is 0. The summed E-state index contributed by atoms with van der Waals surface area (Å²) in [6, 6.07) is 11.9. The molecule has 108 valence electrons. The molecule has 1 aromatic heterocycles. The minimum atomic E-state index is -0.216. The fourth-order valence-electron chi connectivity index (χ4n) is 2.41. The summed E-state index contributed by atoms with van der Waals surface area (Å²) in [5.74, 6) is 0. The van der Waals surface area contributed by atoms with Crippen molar-refractivity contribution in [1.82, 2.24) is 9.78 Å². The highest BCUT2D eigenvalue weighted by molar-refractivity contribution is 5.22. The van der Waals surface area contributed by atoms with Crippen LogP contribution in [-0.4, -0.2) is 16.4 Å². The Bertz CT molecular complexity index is 509. The number of hydrogen-bond acceptors (Lipinski definition) is 3. The van der Waals surface area contributed by atoms with Crippen LogP contribution in [0.2, 0.25) is 0 Å². The molecule has 4 heteroatoms. The van der Waals surface area contributed by atoms with Crippen LogP contribution in [0.4, 0.5) is 0 Å². The fraction of sp³-hybridized carbons (Fsp3) is 0.438. The number of rotatable bonds is 7. The molecule has 0 fully saturated rings. The van der Waals surface area contributed by atoms with Crippen LogP contribution < -0.4 is 5.73 Å². The molecule has 1 heterocycles. The van der Waals surface area contributed by atoms with Crippen molar-refractivity contribution in [2.75, 3.05) is 6.61 Å². The molecule has 4 nitrogen and oxygen atoms in total. The van der Waals surface area contributed by atoms with Gasteiger partial charge in [-0.2, -0.15) is 5.10 Å². The Morgan fingerprint density at radius 2 is 1.95 bits per heavy atom. The zero-order valence-electron chi connectivity index (χ0n) is 12.2. The molecule has 0 aliphatic rings. The first kappa shape index (κ1) is 14.8. The average Bonchev–Trinajstić information content (AvgIpc) is 2.94. The molecule has 2 atom stereocenters. The molecule has 0 aliphatic heterocycles. The summed E-state index contributed by atoms with van der Waals surface area (Å²) in [6.07, 6.45) is 2.69. The van der Waals surface area contributed by atoms with Crippen LogP contribution in [0.25, 0.3) is 0 Å². The second-order valence-corrected chi connectivity index (χ2v) is 4.79. The van der Waals surface area contributed by atoms with E-state index in [0.717, 1.165) is 24.2 Å². The monoisotopic (exact) mass is 273 g/mol. The maximum atomic E-state index is 6.45. The third-order valence-corrected chi connectivity index (χ3v) is 3.33. The molecule has 1 aromatic carbocycles. The Hall–Kier alpha value is -1.65. The van der Waals surface area contributed by atoms with Crippen molar-refractivity contribution in [1.29, 1.82) is 0 Å². The van der Waals surface area contributed by atoms with Gasteiger partial charge in [0.25, 0.3) is 0 Å². The Morgan fingerprint density at radius 1 is 1.20 bits per heavy atom. The van der Waals surface area contributed by atoms with Gasteiger partial charge in [0.05, 0.1) is 11.7 Å². The van der Waals surface area contributed by atoms with Crippen LogP contribution in [0.1, 0.15) is 43.7 Å². The van der Waals surface area contributed by atoms with Crippen molar-refractivity contribution < 1.29 is 4.74 Å². The highest BCUT2D eigenvalue weighted by Gasteiger charge is 2.24. The van der Waals surface area contributed by atoms with Crippen molar-refractivity contribution >= 4 is 0 Å². The number of hydrogen-bond donors (Lipinski definition) is 1. The minimum absolute atomic E-state index is 0.145. The molecule has 2 rings (SSSR count). The van der Waals surface area contributed by atoms with E-state index in [0.29, 0.717) is 6.61 Å². The second-order valence-electron chi connectivity index (χ2n) is 4.79. The van der Waals surface area contributed by atoms with Gasteiger partial charge in [0.2, 0.25) is 0 Å². The van der Waals surface area contributed by atoms with E-state index in [9.17, 15) is 0 Å². The molecule has 0 aliphatic carbocycles. The molecule has 2 unspecified atom stereocenters. The van der Waals surface area contributed by atoms with Crippen LogP contribution in [0, 0.1) is 0 Å². The van der Waals surface area contributed by atoms with Crippen molar-refractivity contribution in [3.05, 3.63) is 53.9 Å². The van der Waals surface area contributed by atoms with Gasteiger partial charge < -0.3 is 10.5 Å². The average molecular weight is 273 g/mol. The van der Waals surface area contributed by atoms with Crippen LogP contribution in [-0.2, 0) is 11.3 Å². The summed E-state index contributed by atoms with van der Waals surface area (Å²) < 4.78 is 7.85. The van der Waals surface area contributed by atoms with Gasteiger partial charge >= 0.3 is 0 Å². The fourth-order valence-corrected chi connectivity index (χ4v) is 2.41. The zero-order chi connectivity index (χ0) is 14.4. The largest absolute Gasteiger partial charge is 0.372 e. The summed E-state index contributed by atoms with van der Waals surface area (Å²) in [5.41, 5.74) is 8.57. The second kappa shape index (κ2) is 7.22. The van der Waals surface area contributed by atoms with Gasteiger partial charge in [-0.1, -0.05) is 37.3 Å². The zero-order valence-corrected chi connectivity index (χ0v) is 12.2. The predicted molar refractivity (Wildman–Crippen MR) is 80.3 cm³/mol. The van der Waals surface area contributed by atoms with Crippen LogP contribution in [0.15, 0.2) is 42.6 Å². The predicted octanol–water partition coefficient (Wildman–Crippen LogP) is 3.07. The SMILES string of the molecule is CCCn1nccc1C(N)C(OCC)c1ccccc1. The van der Waals surface area contributed by atoms with Gasteiger partial charge in [0.15, 0.2) is 0 Å². The van der Waals surface area contributed by atoms with Crippen LogP contribution in [0.5, 0.6) is 0 Å². The van der Waals surface area contributed by atoms with Gasteiger partial charge in [-0.15, -0.1) is 0 Å². The highest BCUT2D eigenvalue weighted by Crippen LogP contribution is 2.30. The van der Waals surface area contributed by atoms with Gasteiger partial charge in [-0.05, 0) is 25.0 Å². The summed E-state index contributed by atoms with van der Waals surface area (Å²) in [7, 11) is 0. The molecule has 0 spiro atoms. The van der Waals surface area contributed by atoms with E-state index < -0.39 is 0 Å².